The van der Waals surface area contributed by atoms with Crippen molar-refractivity contribution in [3.8, 4) is 0 Å². The van der Waals surface area contributed by atoms with Gasteiger partial charge in [0.05, 0.1) is 25.4 Å². The fourth-order valence-corrected chi connectivity index (χ4v) is 10.8. The van der Waals surface area contributed by atoms with E-state index in [2.05, 4.69) is 67.8 Å². The van der Waals surface area contributed by atoms with Crippen LogP contribution in [0.1, 0.15) is 373 Å². The maximum atomic E-state index is 12.4. The highest BCUT2D eigenvalue weighted by Crippen LogP contribution is 2.18. The molecule has 0 aromatic rings. The van der Waals surface area contributed by atoms with Crippen LogP contribution in [-0.2, 0) is 14.3 Å². The molecule has 6 nitrogen and oxygen atoms in total. The van der Waals surface area contributed by atoms with E-state index >= 15 is 0 Å². The zero-order chi connectivity index (χ0) is 57.8. The van der Waals surface area contributed by atoms with Gasteiger partial charge in [-0.25, -0.2) is 0 Å². The second-order valence-corrected chi connectivity index (χ2v) is 24.2. The summed E-state index contributed by atoms with van der Waals surface area (Å²) in [4.78, 5) is 24.5. The predicted octanol–water partition coefficient (Wildman–Crippen LogP) is 23.0. The molecule has 0 rings (SSSR count). The fourth-order valence-electron chi connectivity index (χ4n) is 10.8. The van der Waals surface area contributed by atoms with Crippen molar-refractivity contribution in [1.29, 1.82) is 0 Å². The molecule has 0 aliphatic heterocycles. The summed E-state index contributed by atoms with van der Waals surface area (Å²) < 4.78 is 5.50. The van der Waals surface area contributed by atoms with Crippen molar-refractivity contribution in [3.05, 3.63) is 60.8 Å². The molecule has 0 saturated heterocycles. The average molecular weight is 1120 g/mol. The van der Waals surface area contributed by atoms with E-state index in [0.29, 0.717) is 19.4 Å². The Morgan fingerprint density at radius 1 is 0.350 bits per heavy atom. The summed E-state index contributed by atoms with van der Waals surface area (Å²) in [7, 11) is 0. The van der Waals surface area contributed by atoms with Crippen LogP contribution in [0.5, 0.6) is 0 Å². The first-order valence-corrected chi connectivity index (χ1v) is 35.6. The number of nitrogens with one attached hydrogen (secondary N) is 1. The van der Waals surface area contributed by atoms with Gasteiger partial charge in [0.1, 0.15) is 0 Å². The molecular formula is C74H137NO5. The van der Waals surface area contributed by atoms with Crippen LogP contribution >= 0.6 is 0 Å². The molecule has 0 bridgehead atoms. The van der Waals surface area contributed by atoms with Crippen LogP contribution < -0.4 is 5.32 Å². The lowest BCUT2D eigenvalue weighted by Gasteiger charge is -2.20. The van der Waals surface area contributed by atoms with Crippen molar-refractivity contribution < 1.29 is 24.5 Å². The van der Waals surface area contributed by atoms with Gasteiger partial charge < -0.3 is 20.3 Å². The van der Waals surface area contributed by atoms with Gasteiger partial charge in [-0.05, 0) is 96.3 Å². The van der Waals surface area contributed by atoms with E-state index in [4.69, 9.17) is 4.74 Å². The highest BCUT2D eigenvalue weighted by Gasteiger charge is 2.18. The first-order chi connectivity index (χ1) is 39.5. The Balaban J connectivity index is 3.35. The van der Waals surface area contributed by atoms with Gasteiger partial charge in [-0.3, -0.25) is 9.59 Å². The summed E-state index contributed by atoms with van der Waals surface area (Å²) in [5.41, 5.74) is 0. The van der Waals surface area contributed by atoms with Crippen LogP contribution in [0.4, 0.5) is 0 Å². The fraction of sp³-hybridized carbons (Fsp3) is 0.838. The van der Waals surface area contributed by atoms with Crippen LogP contribution in [0.25, 0.3) is 0 Å². The minimum absolute atomic E-state index is 0.0105. The zero-order valence-electron chi connectivity index (χ0n) is 53.6. The summed E-state index contributed by atoms with van der Waals surface area (Å²) in [5, 5.41) is 23.0. The molecule has 0 spiro atoms. The molecule has 2 unspecified atom stereocenters. The SMILES string of the molecule is CCCCC/C=C\C/C=C\CCCCCCCCCC(=O)OCCCCCCCCCCCCCCC/C=C\C/C=C\CCCCCCCCCCCCCCCCCCCC(=O)NC(CO)C(O)/C=C/CCCCCCCCC. The van der Waals surface area contributed by atoms with Gasteiger partial charge in [0.2, 0.25) is 5.91 Å². The number of rotatable bonds is 66. The van der Waals surface area contributed by atoms with E-state index in [0.717, 1.165) is 57.8 Å². The summed E-state index contributed by atoms with van der Waals surface area (Å²) in [6.07, 6.45) is 91.8. The lowest BCUT2D eigenvalue weighted by Crippen LogP contribution is -2.45. The van der Waals surface area contributed by atoms with Gasteiger partial charge >= 0.3 is 5.97 Å². The molecule has 0 fully saturated rings. The van der Waals surface area contributed by atoms with Gasteiger partial charge in [0, 0.05) is 12.8 Å². The highest BCUT2D eigenvalue weighted by atomic mass is 16.5. The largest absolute Gasteiger partial charge is 0.466 e. The third-order valence-corrected chi connectivity index (χ3v) is 16.3. The Kier molecular flexibility index (Phi) is 66.9. The van der Waals surface area contributed by atoms with Crippen molar-refractivity contribution in [2.45, 2.75) is 386 Å². The van der Waals surface area contributed by atoms with E-state index in [1.54, 1.807) is 6.08 Å². The van der Waals surface area contributed by atoms with Gasteiger partial charge in [-0.15, -0.1) is 0 Å². The molecule has 0 aliphatic carbocycles. The number of hydrogen-bond donors (Lipinski definition) is 3. The second-order valence-electron chi connectivity index (χ2n) is 24.2. The number of allylic oxidation sites excluding steroid dienone is 9. The predicted molar refractivity (Wildman–Crippen MR) is 352 cm³/mol. The normalized spacial score (nSPS) is 12.9. The molecule has 80 heavy (non-hydrogen) atoms. The summed E-state index contributed by atoms with van der Waals surface area (Å²) in [5.74, 6) is -0.0569. The number of aliphatic hydroxyl groups is 2. The number of carbonyl (C=O) groups excluding carboxylic acids is 2. The van der Waals surface area contributed by atoms with Gasteiger partial charge in [-0.2, -0.15) is 0 Å². The van der Waals surface area contributed by atoms with E-state index in [1.165, 1.54) is 289 Å². The van der Waals surface area contributed by atoms with Crippen LogP contribution in [0.2, 0.25) is 0 Å². The Labute approximate surface area is 499 Å². The second kappa shape index (κ2) is 69.1. The molecule has 0 saturated carbocycles. The van der Waals surface area contributed by atoms with Crippen LogP contribution in [0.15, 0.2) is 60.8 Å². The molecule has 6 heteroatoms. The zero-order valence-corrected chi connectivity index (χ0v) is 53.6. The average Bonchev–Trinajstić information content (AvgIpc) is 3.46. The molecule has 0 heterocycles. The first-order valence-electron chi connectivity index (χ1n) is 35.6. The minimum Gasteiger partial charge on any atom is -0.466 e. The van der Waals surface area contributed by atoms with Crippen molar-refractivity contribution in [2.24, 2.45) is 0 Å². The van der Waals surface area contributed by atoms with Crippen molar-refractivity contribution in [3.63, 3.8) is 0 Å². The Morgan fingerprint density at radius 3 is 0.975 bits per heavy atom. The van der Waals surface area contributed by atoms with Crippen molar-refractivity contribution >= 4 is 11.9 Å². The monoisotopic (exact) mass is 1120 g/mol. The third kappa shape index (κ3) is 64.7. The summed E-state index contributed by atoms with van der Waals surface area (Å²) in [6, 6.07) is -0.624. The van der Waals surface area contributed by atoms with Crippen LogP contribution in [0, 0.1) is 0 Å². The summed E-state index contributed by atoms with van der Waals surface area (Å²) >= 11 is 0. The smallest absolute Gasteiger partial charge is 0.305 e. The Bertz CT molecular complexity index is 1380. The van der Waals surface area contributed by atoms with Crippen molar-refractivity contribution in [2.75, 3.05) is 13.2 Å². The first kappa shape index (κ1) is 77.6. The number of ether oxygens (including phenoxy) is 1. The Hall–Kier alpha value is -2.44. The Morgan fingerprint density at radius 2 is 0.625 bits per heavy atom. The lowest BCUT2D eigenvalue weighted by atomic mass is 10.0. The van der Waals surface area contributed by atoms with E-state index in [1.807, 2.05) is 6.08 Å². The summed E-state index contributed by atoms with van der Waals surface area (Å²) in [6.45, 7) is 4.86. The van der Waals surface area contributed by atoms with E-state index in [9.17, 15) is 19.8 Å². The molecular weight excluding hydrogens is 983 g/mol. The number of esters is 1. The number of aliphatic hydroxyl groups excluding tert-OH is 2. The number of hydrogen-bond acceptors (Lipinski definition) is 5. The third-order valence-electron chi connectivity index (χ3n) is 16.3. The van der Waals surface area contributed by atoms with E-state index in [-0.39, 0.29) is 18.5 Å². The molecule has 468 valence electrons. The molecule has 0 aromatic heterocycles. The molecule has 0 radical (unpaired) electrons. The standard InChI is InChI=1S/C74H137NO5/c1-3-5-7-9-11-13-14-15-16-38-42-45-48-52-56-60-64-68-74(79)80-69-65-61-57-53-49-46-43-40-37-35-33-31-29-27-25-23-21-19-17-18-20-22-24-26-28-30-32-34-36-39-41-44-47-51-55-59-63-67-73(78)75-71(70-76)72(77)66-62-58-54-50-12-10-8-6-4-2/h11,13,15-17,19,23,25,62,66,71-72,76-77H,3-10,12,14,18,20-22,24,26-61,63-65,67-70H2,1-2H3,(H,75,78)/b13-11-,16-15-,19-17-,25-23-,66-62+. The highest BCUT2D eigenvalue weighted by molar-refractivity contribution is 5.76. The van der Waals surface area contributed by atoms with Crippen LogP contribution in [0.3, 0.4) is 0 Å². The molecule has 1 amide bonds. The van der Waals surface area contributed by atoms with Gasteiger partial charge in [0.15, 0.2) is 0 Å². The topological polar surface area (TPSA) is 95.9 Å². The maximum Gasteiger partial charge on any atom is 0.305 e. The molecule has 0 aliphatic rings. The maximum absolute atomic E-state index is 12.4. The molecule has 3 N–H and O–H groups in total. The van der Waals surface area contributed by atoms with Crippen molar-refractivity contribution in [1.82, 2.24) is 5.32 Å². The van der Waals surface area contributed by atoms with Gasteiger partial charge in [-0.1, -0.05) is 325 Å². The lowest BCUT2D eigenvalue weighted by molar-refractivity contribution is -0.143. The van der Waals surface area contributed by atoms with Gasteiger partial charge in [0.25, 0.3) is 0 Å². The number of carbonyl (C=O) groups is 2. The number of amides is 1. The number of unbranched alkanes of at least 4 members (excludes halogenated alkanes) is 47. The van der Waals surface area contributed by atoms with Crippen LogP contribution in [-0.4, -0.2) is 47.4 Å². The molecule has 0 aromatic carbocycles. The molecule has 2 atom stereocenters. The minimum atomic E-state index is -0.841. The quantitative estimate of drug-likeness (QED) is 0.0320. The van der Waals surface area contributed by atoms with E-state index < -0.39 is 12.1 Å².